The molecule has 5 heteroatoms. The monoisotopic (exact) mass is 319 g/mol. The van der Waals surface area contributed by atoms with E-state index in [9.17, 15) is 9.59 Å². The molecule has 23 heavy (non-hydrogen) atoms. The number of ether oxygens (including phenoxy) is 1. The number of hydrogen-bond donors (Lipinski definition) is 2. The van der Waals surface area contributed by atoms with Gasteiger partial charge in [-0.1, -0.05) is 11.6 Å². The van der Waals surface area contributed by atoms with Crippen LogP contribution in [0.1, 0.15) is 44.5 Å². The first-order valence-corrected chi connectivity index (χ1v) is 7.60. The van der Waals surface area contributed by atoms with Gasteiger partial charge >= 0.3 is 5.97 Å². The standard InChI is InChI=1S/C18H25NO4/c1-13(2)8-11-23-15-7-5-6-14(12-15)16(20)19-10-9-18(3,4)17(21)22/h5-8,12H,9-11H2,1-4H3,(H,19,20)(H,21,22). The summed E-state index contributed by atoms with van der Waals surface area (Å²) in [6.07, 6.45) is 2.32. The van der Waals surface area contributed by atoms with Crippen molar-refractivity contribution in [3.05, 3.63) is 41.5 Å². The number of hydrogen-bond acceptors (Lipinski definition) is 3. The Morgan fingerprint density at radius 2 is 2.00 bits per heavy atom. The van der Waals surface area contributed by atoms with Gasteiger partial charge in [-0.2, -0.15) is 0 Å². The van der Waals surface area contributed by atoms with E-state index in [-0.39, 0.29) is 5.91 Å². The molecule has 0 aliphatic rings. The fourth-order valence-corrected chi connectivity index (χ4v) is 1.73. The maximum Gasteiger partial charge on any atom is 0.309 e. The third-order valence-corrected chi connectivity index (χ3v) is 3.45. The summed E-state index contributed by atoms with van der Waals surface area (Å²) in [5, 5.41) is 11.8. The van der Waals surface area contributed by atoms with Crippen molar-refractivity contribution in [3.63, 3.8) is 0 Å². The second kappa shape index (κ2) is 8.36. The predicted octanol–water partition coefficient (Wildman–Crippen LogP) is 3.26. The third kappa shape index (κ3) is 6.55. The van der Waals surface area contributed by atoms with Gasteiger partial charge in [-0.25, -0.2) is 0 Å². The van der Waals surface area contributed by atoms with Crippen molar-refractivity contribution < 1.29 is 19.4 Å². The summed E-state index contributed by atoms with van der Waals surface area (Å²) in [6.45, 7) is 8.03. The van der Waals surface area contributed by atoms with Crippen molar-refractivity contribution in [1.82, 2.24) is 5.32 Å². The van der Waals surface area contributed by atoms with Gasteiger partial charge in [0, 0.05) is 12.1 Å². The topological polar surface area (TPSA) is 75.6 Å². The van der Waals surface area contributed by atoms with E-state index in [1.807, 2.05) is 19.9 Å². The first-order valence-electron chi connectivity index (χ1n) is 7.60. The van der Waals surface area contributed by atoms with Crippen molar-refractivity contribution in [2.24, 2.45) is 5.41 Å². The number of benzene rings is 1. The minimum Gasteiger partial charge on any atom is -0.490 e. The van der Waals surface area contributed by atoms with Crippen LogP contribution >= 0.6 is 0 Å². The number of amides is 1. The van der Waals surface area contributed by atoms with Gasteiger partial charge in [0.25, 0.3) is 5.91 Å². The molecule has 0 spiro atoms. The lowest BCUT2D eigenvalue weighted by molar-refractivity contribution is -0.147. The highest BCUT2D eigenvalue weighted by molar-refractivity contribution is 5.94. The zero-order valence-corrected chi connectivity index (χ0v) is 14.2. The molecule has 0 saturated carbocycles. The minimum absolute atomic E-state index is 0.237. The molecule has 1 aromatic rings. The van der Waals surface area contributed by atoms with Crippen LogP contribution < -0.4 is 10.1 Å². The van der Waals surface area contributed by atoms with Gasteiger partial charge < -0.3 is 15.2 Å². The number of carbonyl (C=O) groups is 2. The van der Waals surface area contributed by atoms with E-state index in [1.54, 1.807) is 38.1 Å². The van der Waals surface area contributed by atoms with Crippen molar-refractivity contribution in [2.75, 3.05) is 13.2 Å². The Morgan fingerprint density at radius 3 is 2.61 bits per heavy atom. The summed E-state index contributed by atoms with van der Waals surface area (Å²) < 4.78 is 5.56. The Kier molecular flexibility index (Phi) is 6.82. The highest BCUT2D eigenvalue weighted by Crippen LogP contribution is 2.19. The van der Waals surface area contributed by atoms with Crippen LogP contribution in [-0.2, 0) is 4.79 Å². The summed E-state index contributed by atoms with van der Waals surface area (Å²) in [7, 11) is 0. The summed E-state index contributed by atoms with van der Waals surface area (Å²) in [5.41, 5.74) is 0.801. The molecule has 0 atom stereocenters. The van der Waals surface area contributed by atoms with Crippen LogP contribution in [0.15, 0.2) is 35.9 Å². The van der Waals surface area contributed by atoms with Crippen molar-refractivity contribution in [2.45, 2.75) is 34.1 Å². The van der Waals surface area contributed by atoms with Gasteiger partial charge in [0.05, 0.1) is 5.41 Å². The largest absolute Gasteiger partial charge is 0.490 e. The van der Waals surface area contributed by atoms with Crippen molar-refractivity contribution in [1.29, 1.82) is 0 Å². The first-order chi connectivity index (χ1) is 10.7. The van der Waals surface area contributed by atoms with Gasteiger partial charge in [0.2, 0.25) is 0 Å². The molecular formula is C18H25NO4. The molecule has 5 nitrogen and oxygen atoms in total. The molecule has 0 aromatic heterocycles. The molecule has 0 aliphatic heterocycles. The molecule has 0 unspecified atom stereocenters. The van der Waals surface area contributed by atoms with Crippen molar-refractivity contribution in [3.8, 4) is 5.75 Å². The average molecular weight is 319 g/mol. The molecule has 0 aliphatic carbocycles. The lowest BCUT2D eigenvalue weighted by Crippen LogP contribution is -2.31. The number of carboxylic acid groups (broad SMARTS) is 1. The first kappa shape index (κ1) is 18.7. The molecule has 0 radical (unpaired) electrons. The highest BCUT2D eigenvalue weighted by Gasteiger charge is 2.26. The van der Waals surface area contributed by atoms with Gasteiger partial charge in [0.1, 0.15) is 12.4 Å². The maximum absolute atomic E-state index is 12.1. The lowest BCUT2D eigenvalue weighted by atomic mass is 9.90. The highest BCUT2D eigenvalue weighted by atomic mass is 16.5. The van der Waals surface area contributed by atoms with Crippen LogP contribution in [0.25, 0.3) is 0 Å². The second-order valence-corrected chi connectivity index (χ2v) is 6.32. The molecule has 0 heterocycles. The van der Waals surface area contributed by atoms with Crippen LogP contribution in [0.3, 0.4) is 0 Å². The van der Waals surface area contributed by atoms with Crippen LogP contribution in [-0.4, -0.2) is 30.1 Å². The molecule has 2 N–H and O–H groups in total. The van der Waals surface area contributed by atoms with Gasteiger partial charge in [-0.15, -0.1) is 0 Å². The van der Waals surface area contributed by atoms with E-state index in [2.05, 4.69) is 5.32 Å². The quantitative estimate of drug-likeness (QED) is 0.721. The summed E-state index contributed by atoms with van der Waals surface area (Å²) in [4.78, 5) is 23.1. The smallest absolute Gasteiger partial charge is 0.309 e. The molecule has 1 rings (SSSR count). The van der Waals surface area contributed by atoms with E-state index in [0.29, 0.717) is 30.9 Å². The molecule has 126 valence electrons. The Bertz CT molecular complexity index is 586. The SMILES string of the molecule is CC(C)=CCOc1cccc(C(=O)NCCC(C)(C)C(=O)O)c1. The zero-order valence-electron chi connectivity index (χ0n) is 14.2. The summed E-state index contributed by atoms with van der Waals surface area (Å²) in [6, 6.07) is 6.93. The Balaban J connectivity index is 2.56. The van der Waals surface area contributed by atoms with E-state index in [1.165, 1.54) is 5.57 Å². The number of aliphatic carboxylic acids is 1. The van der Waals surface area contributed by atoms with Gasteiger partial charge in [-0.3, -0.25) is 9.59 Å². The molecule has 0 bridgehead atoms. The van der Waals surface area contributed by atoms with E-state index >= 15 is 0 Å². The van der Waals surface area contributed by atoms with E-state index < -0.39 is 11.4 Å². The number of allylic oxidation sites excluding steroid dienone is 1. The van der Waals surface area contributed by atoms with Crippen LogP contribution in [0.4, 0.5) is 0 Å². The van der Waals surface area contributed by atoms with Crippen LogP contribution in [0, 0.1) is 5.41 Å². The number of rotatable bonds is 8. The fourth-order valence-electron chi connectivity index (χ4n) is 1.73. The maximum atomic E-state index is 12.1. The molecule has 1 aromatic carbocycles. The summed E-state index contributed by atoms with van der Waals surface area (Å²) >= 11 is 0. The number of carboxylic acids is 1. The lowest BCUT2D eigenvalue weighted by Gasteiger charge is -2.18. The number of carbonyl (C=O) groups excluding carboxylic acids is 1. The molecular weight excluding hydrogens is 294 g/mol. The van der Waals surface area contributed by atoms with Crippen LogP contribution in [0.2, 0.25) is 0 Å². The molecule has 0 fully saturated rings. The normalized spacial score (nSPS) is 10.8. The van der Waals surface area contributed by atoms with Gasteiger partial charge in [-0.05, 0) is 58.4 Å². The third-order valence-electron chi connectivity index (χ3n) is 3.45. The number of nitrogens with one attached hydrogen (secondary N) is 1. The van der Waals surface area contributed by atoms with E-state index in [4.69, 9.17) is 9.84 Å². The Labute approximate surface area is 137 Å². The predicted molar refractivity (Wildman–Crippen MR) is 89.7 cm³/mol. The Hall–Kier alpha value is -2.30. The molecule has 0 saturated heterocycles. The molecule has 1 amide bonds. The minimum atomic E-state index is -0.874. The average Bonchev–Trinajstić information content (AvgIpc) is 2.46. The summed E-state index contributed by atoms with van der Waals surface area (Å²) in [5.74, 6) is -0.485. The van der Waals surface area contributed by atoms with Crippen LogP contribution in [0.5, 0.6) is 5.75 Å². The fraction of sp³-hybridized carbons (Fsp3) is 0.444. The Morgan fingerprint density at radius 1 is 1.30 bits per heavy atom. The van der Waals surface area contributed by atoms with E-state index in [0.717, 1.165) is 0 Å². The second-order valence-electron chi connectivity index (χ2n) is 6.32. The zero-order chi connectivity index (χ0) is 17.5. The van der Waals surface area contributed by atoms with Gasteiger partial charge in [0.15, 0.2) is 0 Å². The van der Waals surface area contributed by atoms with Crippen molar-refractivity contribution >= 4 is 11.9 Å².